The Kier molecular flexibility index (Phi) is 7.85. The number of nitrogens with zero attached hydrogens (tertiary/aromatic N) is 1. The Hall–Kier alpha value is -7.16. The molecular formula is C52H35NO. The minimum atomic E-state index is 0.898. The zero-order chi connectivity index (χ0) is 35.8. The first-order valence-electron chi connectivity index (χ1n) is 18.4. The molecule has 0 unspecified atom stereocenters. The first kappa shape index (κ1) is 31.6. The van der Waals surface area contributed by atoms with Gasteiger partial charge in [0, 0.05) is 33.2 Å². The van der Waals surface area contributed by atoms with Gasteiger partial charge in [0.2, 0.25) is 0 Å². The number of rotatable bonds is 7. The van der Waals surface area contributed by atoms with Crippen molar-refractivity contribution < 1.29 is 4.42 Å². The highest BCUT2D eigenvalue weighted by Gasteiger charge is 2.18. The van der Waals surface area contributed by atoms with E-state index in [1.807, 2.05) is 6.07 Å². The average Bonchev–Trinajstić information content (AvgIpc) is 3.63. The standard InChI is InChI=1S/C52H35NO/c1-4-13-36(14-5-1)41-20-10-22-45(33-41)53(46-23-11-21-42(34-46)37-15-6-2-7-16-37)44-29-25-39(26-30-44)47-24-12-19-40-27-32-49-48-31-28-43(38-17-8-3-9-18-38)35-50(48)54-52(49)51(40)47/h1-35H. The van der Waals surface area contributed by atoms with Gasteiger partial charge in [-0.1, -0.05) is 158 Å². The van der Waals surface area contributed by atoms with Crippen LogP contribution < -0.4 is 4.90 Å². The maximum atomic E-state index is 6.75. The number of hydrogen-bond donors (Lipinski definition) is 0. The molecule has 254 valence electrons. The Morgan fingerprint density at radius 3 is 1.41 bits per heavy atom. The van der Waals surface area contributed by atoms with E-state index in [4.69, 9.17) is 4.42 Å². The van der Waals surface area contributed by atoms with Gasteiger partial charge in [0.15, 0.2) is 0 Å². The summed E-state index contributed by atoms with van der Waals surface area (Å²) in [4.78, 5) is 2.35. The fraction of sp³-hybridized carbons (Fsp3) is 0. The highest BCUT2D eigenvalue weighted by Crippen LogP contribution is 2.42. The summed E-state index contributed by atoms with van der Waals surface area (Å²) >= 11 is 0. The Labute approximate surface area is 314 Å². The van der Waals surface area contributed by atoms with Crippen LogP contribution in [0.2, 0.25) is 0 Å². The molecule has 1 aromatic heterocycles. The van der Waals surface area contributed by atoms with Gasteiger partial charge in [-0.25, -0.2) is 0 Å². The van der Waals surface area contributed by atoms with Crippen molar-refractivity contribution in [1.29, 1.82) is 0 Å². The molecule has 0 saturated heterocycles. The third kappa shape index (κ3) is 5.71. The molecule has 2 heteroatoms. The topological polar surface area (TPSA) is 16.4 Å². The Morgan fingerprint density at radius 2 is 0.815 bits per heavy atom. The first-order valence-corrected chi connectivity index (χ1v) is 18.4. The summed E-state index contributed by atoms with van der Waals surface area (Å²) < 4.78 is 6.75. The van der Waals surface area contributed by atoms with Crippen LogP contribution in [0.4, 0.5) is 17.1 Å². The maximum absolute atomic E-state index is 6.75. The summed E-state index contributed by atoms with van der Waals surface area (Å²) in [5.41, 5.74) is 14.4. The molecule has 0 atom stereocenters. The second-order valence-electron chi connectivity index (χ2n) is 13.7. The fourth-order valence-corrected chi connectivity index (χ4v) is 7.80. The lowest BCUT2D eigenvalue weighted by molar-refractivity contribution is 0.673. The average molecular weight is 690 g/mol. The predicted molar refractivity (Wildman–Crippen MR) is 228 cm³/mol. The van der Waals surface area contributed by atoms with Crippen LogP contribution in [-0.4, -0.2) is 0 Å². The lowest BCUT2D eigenvalue weighted by atomic mass is 9.96. The molecule has 0 N–H and O–H groups in total. The van der Waals surface area contributed by atoms with Crippen molar-refractivity contribution in [2.24, 2.45) is 0 Å². The van der Waals surface area contributed by atoms with Crippen LogP contribution in [0.5, 0.6) is 0 Å². The van der Waals surface area contributed by atoms with Gasteiger partial charge >= 0.3 is 0 Å². The zero-order valence-corrected chi connectivity index (χ0v) is 29.6. The van der Waals surface area contributed by atoms with Gasteiger partial charge in [-0.2, -0.15) is 0 Å². The van der Waals surface area contributed by atoms with Gasteiger partial charge < -0.3 is 9.32 Å². The van der Waals surface area contributed by atoms with Gasteiger partial charge in [-0.3, -0.25) is 0 Å². The summed E-state index contributed by atoms with van der Waals surface area (Å²) in [5, 5.41) is 4.54. The molecule has 54 heavy (non-hydrogen) atoms. The molecule has 0 aliphatic rings. The van der Waals surface area contributed by atoms with Crippen LogP contribution >= 0.6 is 0 Å². The summed E-state index contributed by atoms with van der Waals surface area (Å²) in [6, 6.07) is 75.7. The lowest BCUT2D eigenvalue weighted by Crippen LogP contribution is -2.10. The minimum Gasteiger partial charge on any atom is -0.455 e. The molecule has 10 aromatic rings. The minimum absolute atomic E-state index is 0.898. The SMILES string of the molecule is c1ccc(-c2cccc(N(c3ccc(-c4cccc5ccc6c7ccc(-c8ccccc8)cc7oc6c45)cc3)c3cccc(-c4ccccc4)c3)c2)cc1. The van der Waals surface area contributed by atoms with Gasteiger partial charge in [-0.05, 0) is 104 Å². The van der Waals surface area contributed by atoms with Crippen LogP contribution in [0.25, 0.3) is 77.2 Å². The summed E-state index contributed by atoms with van der Waals surface area (Å²) in [6.07, 6.45) is 0. The molecule has 0 aliphatic carbocycles. The van der Waals surface area contributed by atoms with Crippen LogP contribution in [0.3, 0.4) is 0 Å². The van der Waals surface area contributed by atoms with E-state index in [-0.39, 0.29) is 0 Å². The molecule has 1 heterocycles. The Bertz CT molecular complexity index is 2830. The lowest BCUT2D eigenvalue weighted by Gasteiger charge is -2.27. The fourth-order valence-electron chi connectivity index (χ4n) is 7.80. The molecule has 9 aromatic carbocycles. The van der Waals surface area contributed by atoms with E-state index in [1.165, 1.54) is 27.8 Å². The second kappa shape index (κ2) is 13.4. The van der Waals surface area contributed by atoms with Crippen molar-refractivity contribution in [3.05, 3.63) is 212 Å². The Balaban J connectivity index is 1.09. The van der Waals surface area contributed by atoms with E-state index in [0.29, 0.717) is 0 Å². The third-order valence-electron chi connectivity index (χ3n) is 10.4. The van der Waals surface area contributed by atoms with Crippen molar-refractivity contribution in [1.82, 2.24) is 0 Å². The summed E-state index contributed by atoms with van der Waals surface area (Å²) in [5.74, 6) is 0. The largest absolute Gasteiger partial charge is 0.455 e. The van der Waals surface area contributed by atoms with E-state index in [9.17, 15) is 0 Å². The molecular weight excluding hydrogens is 655 g/mol. The number of benzene rings is 9. The molecule has 0 amide bonds. The van der Waals surface area contributed by atoms with Crippen LogP contribution in [0.1, 0.15) is 0 Å². The predicted octanol–water partition coefficient (Wildman–Crippen LogP) is 14.9. The quantitative estimate of drug-likeness (QED) is 0.166. The van der Waals surface area contributed by atoms with Gasteiger partial charge in [0.05, 0.1) is 0 Å². The maximum Gasteiger partial charge on any atom is 0.143 e. The number of furan rings is 1. The molecule has 0 aliphatic heterocycles. The van der Waals surface area contributed by atoms with Gasteiger partial charge in [-0.15, -0.1) is 0 Å². The van der Waals surface area contributed by atoms with Crippen molar-refractivity contribution >= 4 is 49.8 Å². The van der Waals surface area contributed by atoms with Gasteiger partial charge in [0.25, 0.3) is 0 Å². The first-order chi connectivity index (χ1) is 26.8. The number of hydrogen-bond acceptors (Lipinski definition) is 2. The van der Waals surface area contributed by atoms with E-state index >= 15 is 0 Å². The number of fused-ring (bicyclic) bond motifs is 5. The van der Waals surface area contributed by atoms with E-state index in [2.05, 4.69) is 211 Å². The van der Waals surface area contributed by atoms with Crippen molar-refractivity contribution in [2.45, 2.75) is 0 Å². The molecule has 0 bridgehead atoms. The highest BCUT2D eigenvalue weighted by molar-refractivity contribution is 6.19. The molecule has 0 fully saturated rings. The third-order valence-corrected chi connectivity index (χ3v) is 10.4. The summed E-state index contributed by atoms with van der Waals surface area (Å²) in [6.45, 7) is 0. The monoisotopic (exact) mass is 689 g/mol. The summed E-state index contributed by atoms with van der Waals surface area (Å²) in [7, 11) is 0. The van der Waals surface area contributed by atoms with Crippen molar-refractivity contribution in [2.75, 3.05) is 4.90 Å². The molecule has 2 nitrogen and oxygen atoms in total. The zero-order valence-electron chi connectivity index (χ0n) is 29.6. The van der Waals surface area contributed by atoms with E-state index in [0.717, 1.165) is 66.5 Å². The second-order valence-corrected chi connectivity index (χ2v) is 13.7. The molecule has 0 spiro atoms. The van der Waals surface area contributed by atoms with Gasteiger partial charge in [0.1, 0.15) is 11.2 Å². The molecule has 0 saturated carbocycles. The van der Waals surface area contributed by atoms with Crippen LogP contribution in [0, 0.1) is 0 Å². The molecule has 0 radical (unpaired) electrons. The van der Waals surface area contributed by atoms with Crippen LogP contribution in [0.15, 0.2) is 217 Å². The smallest absolute Gasteiger partial charge is 0.143 e. The Morgan fingerprint density at radius 1 is 0.315 bits per heavy atom. The molecule has 10 rings (SSSR count). The van der Waals surface area contributed by atoms with E-state index in [1.54, 1.807) is 0 Å². The normalized spacial score (nSPS) is 11.3. The highest BCUT2D eigenvalue weighted by atomic mass is 16.3. The van der Waals surface area contributed by atoms with Crippen molar-refractivity contribution in [3.8, 4) is 44.5 Å². The van der Waals surface area contributed by atoms with Crippen LogP contribution in [-0.2, 0) is 0 Å². The van der Waals surface area contributed by atoms with Crippen molar-refractivity contribution in [3.63, 3.8) is 0 Å². The number of anilines is 3. The van der Waals surface area contributed by atoms with E-state index < -0.39 is 0 Å².